The molecule has 0 aliphatic carbocycles. The van der Waals surface area contributed by atoms with Gasteiger partial charge in [0.15, 0.2) is 6.10 Å². The van der Waals surface area contributed by atoms with E-state index in [1.165, 1.54) is 199 Å². The molecule has 0 N–H and O–H groups in total. The van der Waals surface area contributed by atoms with Gasteiger partial charge in [-0.2, -0.15) is 0 Å². The Morgan fingerprint density at radius 2 is 0.657 bits per heavy atom. The minimum absolute atomic E-state index is 0.0568. The van der Waals surface area contributed by atoms with Crippen LogP contribution in [0.25, 0.3) is 0 Å². The molecule has 0 saturated carbocycles. The maximum absolute atomic E-state index is 12.9. The van der Waals surface area contributed by atoms with Gasteiger partial charge < -0.3 is 14.2 Å². The largest absolute Gasteiger partial charge is 0.462 e. The third kappa shape index (κ3) is 57.9. The van der Waals surface area contributed by atoms with Crippen molar-refractivity contribution in [3.8, 4) is 0 Å². The van der Waals surface area contributed by atoms with Crippen LogP contribution in [0, 0.1) is 0 Å². The third-order valence-corrected chi connectivity index (χ3v) is 13.2. The second-order valence-electron chi connectivity index (χ2n) is 20.2. The Hall–Kier alpha value is -2.66. The summed E-state index contributed by atoms with van der Waals surface area (Å²) < 4.78 is 17.5. The number of allylic oxidation sites excluding steroid dienone is 12. The van der Waals surface area contributed by atoms with Crippen LogP contribution in [-0.2, 0) is 23.8 Å². The van der Waals surface area contributed by atoms with Crippen LogP contribution in [0.2, 0.25) is 0 Å². The van der Waals surface area contributed by atoms with Gasteiger partial charge in [-0.15, -0.1) is 0 Å². The zero-order valence-electron chi connectivity index (χ0n) is 46.8. The van der Waals surface area contributed by atoms with Gasteiger partial charge in [-0.3, -0.25) is 9.59 Å². The zero-order chi connectivity index (χ0) is 50.6. The minimum Gasteiger partial charge on any atom is -0.462 e. The molecule has 1 unspecified atom stereocenters. The quantitative estimate of drug-likeness (QED) is 0.0345. The van der Waals surface area contributed by atoms with Crippen LogP contribution < -0.4 is 0 Å². The van der Waals surface area contributed by atoms with Crippen LogP contribution in [0.4, 0.5) is 0 Å². The SMILES string of the molecule is CC/C=C\C/C=C\C/C=C\C/C=C\C/C=C\CCCC(=O)OCC(COCCCCCCCCCCCC/C=C\CCCCCCCC)OC(=O)CCCCCCCCCCCCCCCCCCC. The van der Waals surface area contributed by atoms with E-state index < -0.39 is 6.10 Å². The van der Waals surface area contributed by atoms with Crippen molar-refractivity contribution in [2.45, 2.75) is 309 Å². The average Bonchev–Trinajstić information content (AvgIpc) is 3.36. The number of ether oxygens (including phenoxy) is 3. The molecule has 0 aromatic rings. The van der Waals surface area contributed by atoms with Crippen molar-refractivity contribution in [1.29, 1.82) is 0 Å². The normalized spacial score (nSPS) is 12.7. The van der Waals surface area contributed by atoms with Gasteiger partial charge in [-0.1, -0.05) is 280 Å². The predicted octanol–water partition coefficient (Wildman–Crippen LogP) is 21.0. The van der Waals surface area contributed by atoms with Crippen molar-refractivity contribution in [3.63, 3.8) is 0 Å². The van der Waals surface area contributed by atoms with Gasteiger partial charge in [0.1, 0.15) is 6.61 Å². The fourth-order valence-corrected chi connectivity index (χ4v) is 8.72. The van der Waals surface area contributed by atoms with E-state index in [1.807, 2.05) is 0 Å². The highest BCUT2D eigenvalue weighted by molar-refractivity contribution is 5.70. The molecule has 0 saturated heterocycles. The van der Waals surface area contributed by atoms with Gasteiger partial charge in [0.2, 0.25) is 0 Å². The highest BCUT2D eigenvalue weighted by Gasteiger charge is 2.17. The molecule has 0 amide bonds. The zero-order valence-corrected chi connectivity index (χ0v) is 46.8. The maximum Gasteiger partial charge on any atom is 0.306 e. The lowest BCUT2D eigenvalue weighted by atomic mass is 10.0. The Bertz CT molecular complexity index is 1240. The predicted molar refractivity (Wildman–Crippen MR) is 307 cm³/mol. The van der Waals surface area contributed by atoms with Crippen LogP contribution >= 0.6 is 0 Å². The smallest absolute Gasteiger partial charge is 0.306 e. The monoisotopic (exact) mass is 977 g/mol. The molecule has 0 aliphatic heterocycles. The Morgan fingerprint density at radius 3 is 1.09 bits per heavy atom. The molecule has 0 radical (unpaired) electrons. The summed E-state index contributed by atoms with van der Waals surface area (Å²) in [7, 11) is 0. The van der Waals surface area contributed by atoms with Crippen LogP contribution in [0.15, 0.2) is 72.9 Å². The fraction of sp³-hybridized carbons (Fsp3) is 0.785. The summed E-state index contributed by atoms with van der Waals surface area (Å²) in [4.78, 5) is 25.5. The Balaban J connectivity index is 4.32. The maximum atomic E-state index is 12.9. The topological polar surface area (TPSA) is 61.8 Å². The standard InChI is InChI=1S/C65H116O5/c1-4-7-10-13-16-19-22-25-28-31-32-33-36-39-42-45-48-51-54-57-60-68-61-63(70-65(67)59-56-53-50-47-44-41-38-35-30-27-24-21-18-15-12-9-6-3)62-69-64(66)58-55-52-49-46-43-40-37-34-29-26-23-20-17-14-11-8-5-2/h8,11,17,20,25-26,28-29,37,40,46,49,63H,4-7,9-10,12-16,18-19,21-24,27,30-36,38-39,41-45,47-48,50-62H2,1-3H3/b11-8-,20-17-,28-25-,29-26-,40-37-,49-46-. The lowest BCUT2D eigenvalue weighted by Crippen LogP contribution is -2.30. The first-order valence-electron chi connectivity index (χ1n) is 30.5. The van der Waals surface area contributed by atoms with Gasteiger partial charge in [0.25, 0.3) is 0 Å². The number of rotatable bonds is 56. The molecule has 5 heteroatoms. The Kier molecular flexibility index (Phi) is 58.3. The van der Waals surface area contributed by atoms with Crippen LogP contribution in [-0.4, -0.2) is 37.9 Å². The molecule has 0 aromatic heterocycles. The molecule has 0 fully saturated rings. The molecule has 0 aliphatic rings. The van der Waals surface area contributed by atoms with E-state index in [2.05, 4.69) is 93.7 Å². The number of unbranched alkanes of at least 4 members (excludes halogenated alkanes) is 33. The van der Waals surface area contributed by atoms with Gasteiger partial charge in [0, 0.05) is 19.4 Å². The molecule has 0 aromatic carbocycles. The number of carbonyl (C=O) groups is 2. The first-order valence-corrected chi connectivity index (χ1v) is 30.5. The van der Waals surface area contributed by atoms with Gasteiger partial charge in [0.05, 0.1) is 6.61 Å². The number of esters is 2. The van der Waals surface area contributed by atoms with Crippen LogP contribution in [0.1, 0.15) is 303 Å². The van der Waals surface area contributed by atoms with Crippen molar-refractivity contribution in [2.24, 2.45) is 0 Å². The lowest BCUT2D eigenvalue weighted by molar-refractivity contribution is -0.163. The summed E-state index contributed by atoms with van der Waals surface area (Å²) in [5.74, 6) is -0.451. The summed E-state index contributed by atoms with van der Waals surface area (Å²) in [5, 5.41) is 0. The lowest BCUT2D eigenvalue weighted by Gasteiger charge is -2.18. The molecule has 406 valence electrons. The summed E-state index contributed by atoms with van der Waals surface area (Å²) in [6.07, 6.45) is 79.4. The highest BCUT2D eigenvalue weighted by Crippen LogP contribution is 2.16. The summed E-state index contributed by atoms with van der Waals surface area (Å²) in [5.41, 5.74) is 0. The average molecular weight is 978 g/mol. The van der Waals surface area contributed by atoms with Crippen LogP contribution in [0.3, 0.4) is 0 Å². The van der Waals surface area contributed by atoms with E-state index in [1.54, 1.807) is 0 Å². The van der Waals surface area contributed by atoms with E-state index in [9.17, 15) is 9.59 Å². The van der Waals surface area contributed by atoms with Crippen molar-refractivity contribution in [3.05, 3.63) is 72.9 Å². The van der Waals surface area contributed by atoms with Crippen molar-refractivity contribution in [1.82, 2.24) is 0 Å². The highest BCUT2D eigenvalue weighted by atomic mass is 16.6. The summed E-state index contributed by atoms with van der Waals surface area (Å²) in [6.45, 7) is 7.70. The van der Waals surface area contributed by atoms with Crippen molar-refractivity contribution in [2.75, 3.05) is 19.8 Å². The van der Waals surface area contributed by atoms with Crippen molar-refractivity contribution >= 4 is 11.9 Å². The van der Waals surface area contributed by atoms with Crippen molar-refractivity contribution < 1.29 is 23.8 Å². The first-order chi connectivity index (χ1) is 34.6. The Morgan fingerprint density at radius 1 is 0.329 bits per heavy atom. The molecule has 0 heterocycles. The fourth-order valence-electron chi connectivity index (χ4n) is 8.72. The van der Waals surface area contributed by atoms with E-state index in [0.29, 0.717) is 19.4 Å². The van der Waals surface area contributed by atoms with E-state index in [4.69, 9.17) is 14.2 Å². The molecule has 70 heavy (non-hydrogen) atoms. The van der Waals surface area contributed by atoms with Gasteiger partial charge >= 0.3 is 11.9 Å². The third-order valence-electron chi connectivity index (χ3n) is 13.2. The van der Waals surface area contributed by atoms with Gasteiger partial charge in [-0.05, 0) is 83.5 Å². The van der Waals surface area contributed by atoms with E-state index in [-0.39, 0.29) is 25.2 Å². The first kappa shape index (κ1) is 67.3. The van der Waals surface area contributed by atoms with Gasteiger partial charge in [-0.25, -0.2) is 0 Å². The van der Waals surface area contributed by atoms with Crippen LogP contribution in [0.5, 0.6) is 0 Å². The molecular weight excluding hydrogens is 861 g/mol. The number of hydrogen-bond donors (Lipinski definition) is 0. The molecule has 1 atom stereocenters. The molecular formula is C65H116O5. The molecule has 5 nitrogen and oxygen atoms in total. The van der Waals surface area contributed by atoms with E-state index >= 15 is 0 Å². The van der Waals surface area contributed by atoms with E-state index in [0.717, 1.165) is 70.6 Å². The molecule has 0 rings (SSSR count). The minimum atomic E-state index is -0.561. The Labute approximate surface area is 436 Å². The molecule has 0 spiro atoms. The molecule has 0 bridgehead atoms. The second-order valence-corrected chi connectivity index (χ2v) is 20.2. The second kappa shape index (κ2) is 60.6. The summed E-state index contributed by atoms with van der Waals surface area (Å²) >= 11 is 0. The number of carbonyl (C=O) groups excluding carboxylic acids is 2. The number of hydrogen-bond acceptors (Lipinski definition) is 5. The summed E-state index contributed by atoms with van der Waals surface area (Å²) in [6, 6.07) is 0.